The van der Waals surface area contributed by atoms with Gasteiger partial charge in [-0.2, -0.15) is 0 Å². The van der Waals surface area contributed by atoms with Crippen molar-refractivity contribution in [3.63, 3.8) is 0 Å². The average molecular weight is 308 g/mol. The average Bonchev–Trinajstić information content (AvgIpc) is 3.08. The number of furan rings is 1. The monoisotopic (exact) mass is 308 g/mol. The lowest BCUT2D eigenvalue weighted by molar-refractivity contribution is -0.115. The molecule has 0 saturated carbocycles. The van der Waals surface area contributed by atoms with Crippen molar-refractivity contribution >= 4 is 17.5 Å². The van der Waals surface area contributed by atoms with Crippen LogP contribution in [0.15, 0.2) is 65.3 Å². The lowest BCUT2D eigenvalue weighted by atomic mass is 10.1. The molecular weight excluding hydrogens is 292 g/mol. The van der Waals surface area contributed by atoms with E-state index in [-0.39, 0.29) is 5.91 Å². The van der Waals surface area contributed by atoms with E-state index in [4.69, 9.17) is 4.42 Å². The minimum Gasteiger partial charge on any atom is -0.467 e. The first kappa shape index (κ1) is 14.8. The van der Waals surface area contributed by atoms with Gasteiger partial charge in [-0.15, -0.1) is 10.2 Å². The first-order valence-corrected chi connectivity index (χ1v) is 7.23. The van der Waals surface area contributed by atoms with E-state index in [2.05, 4.69) is 20.8 Å². The van der Waals surface area contributed by atoms with Crippen molar-refractivity contribution in [2.45, 2.75) is 13.0 Å². The van der Waals surface area contributed by atoms with Crippen molar-refractivity contribution < 1.29 is 9.21 Å². The molecule has 2 heterocycles. The number of aromatic nitrogens is 2. The summed E-state index contributed by atoms with van der Waals surface area (Å²) in [4.78, 5) is 11.9. The molecule has 2 aromatic heterocycles. The van der Waals surface area contributed by atoms with Gasteiger partial charge in [-0.25, -0.2) is 0 Å². The van der Waals surface area contributed by atoms with Gasteiger partial charge >= 0.3 is 0 Å². The number of amides is 1. The lowest BCUT2D eigenvalue weighted by Gasteiger charge is -2.06. The van der Waals surface area contributed by atoms with Crippen molar-refractivity contribution in [2.75, 3.05) is 10.6 Å². The van der Waals surface area contributed by atoms with E-state index >= 15 is 0 Å². The number of carbonyl (C=O) groups excluding carboxylic acids is 1. The summed E-state index contributed by atoms with van der Waals surface area (Å²) in [6.07, 6.45) is 1.93. The molecule has 0 unspecified atom stereocenters. The van der Waals surface area contributed by atoms with E-state index in [0.29, 0.717) is 24.6 Å². The highest BCUT2D eigenvalue weighted by Gasteiger charge is 2.05. The smallest absolute Gasteiger partial charge is 0.229 e. The molecule has 0 saturated heterocycles. The summed E-state index contributed by atoms with van der Waals surface area (Å²) >= 11 is 0. The largest absolute Gasteiger partial charge is 0.467 e. The second-order valence-electron chi connectivity index (χ2n) is 4.95. The van der Waals surface area contributed by atoms with Crippen LogP contribution in [-0.2, 0) is 17.8 Å². The summed E-state index contributed by atoms with van der Waals surface area (Å²) in [6, 6.07) is 16.7. The summed E-state index contributed by atoms with van der Waals surface area (Å²) < 4.78 is 5.22. The van der Waals surface area contributed by atoms with Gasteiger partial charge in [0.2, 0.25) is 5.91 Å². The maximum atomic E-state index is 11.9. The topological polar surface area (TPSA) is 80.0 Å². The van der Waals surface area contributed by atoms with Crippen LogP contribution in [0.2, 0.25) is 0 Å². The minimum atomic E-state index is -0.123. The number of benzene rings is 1. The number of nitrogens with zero attached hydrogens (tertiary/aromatic N) is 2. The zero-order valence-corrected chi connectivity index (χ0v) is 12.4. The fourth-order valence-electron chi connectivity index (χ4n) is 2.05. The van der Waals surface area contributed by atoms with Crippen molar-refractivity contribution in [3.8, 4) is 0 Å². The Balaban J connectivity index is 1.51. The maximum absolute atomic E-state index is 11.9. The van der Waals surface area contributed by atoms with E-state index in [1.165, 1.54) is 0 Å². The molecule has 1 amide bonds. The van der Waals surface area contributed by atoms with Crippen LogP contribution in [0.1, 0.15) is 11.3 Å². The molecule has 0 bridgehead atoms. The Morgan fingerprint density at radius 1 is 0.957 bits per heavy atom. The molecule has 0 spiro atoms. The van der Waals surface area contributed by atoms with Gasteiger partial charge in [-0.3, -0.25) is 4.79 Å². The lowest BCUT2D eigenvalue weighted by Crippen LogP contribution is -2.15. The summed E-state index contributed by atoms with van der Waals surface area (Å²) in [6.45, 7) is 0.529. The molecule has 0 aliphatic carbocycles. The van der Waals surface area contributed by atoms with Crippen molar-refractivity contribution in [1.29, 1.82) is 0 Å². The summed E-state index contributed by atoms with van der Waals surface area (Å²) in [5, 5.41) is 13.8. The third-order valence-corrected chi connectivity index (χ3v) is 3.16. The Hall–Kier alpha value is -3.15. The van der Waals surface area contributed by atoms with Crippen LogP contribution in [0.5, 0.6) is 0 Å². The fraction of sp³-hybridized carbons (Fsp3) is 0.118. The van der Waals surface area contributed by atoms with Crippen molar-refractivity contribution in [1.82, 2.24) is 10.2 Å². The number of anilines is 2. The zero-order valence-electron chi connectivity index (χ0n) is 12.4. The Morgan fingerprint density at radius 3 is 2.43 bits per heavy atom. The van der Waals surface area contributed by atoms with Gasteiger partial charge in [0, 0.05) is 0 Å². The normalized spacial score (nSPS) is 10.3. The Morgan fingerprint density at radius 2 is 1.74 bits per heavy atom. The van der Waals surface area contributed by atoms with Gasteiger partial charge in [0.15, 0.2) is 5.82 Å². The molecular formula is C17H16N4O2. The van der Waals surface area contributed by atoms with E-state index in [1.807, 2.05) is 42.5 Å². The Labute approximate surface area is 133 Å². The van der Waals surface area contributed by atoms with E-state index < -0.39 is 0 Å². The summed E-state index contributed by atoms with van der Waals surface area (Å²) in [7, 11) is 0. The second kappa shape index (κ2) is 7.22. The molecule has 0 aliphatic heterocycles. The molecule has 0 atom stereocenters. The molecule has 0 radical (unpaired) electrons. The highest BCUT2D eigenvalue weighted by molar-refractivity contribution is 5.91. The SMILES string of the molecule is O=C(Cc1ccccc1)Nc1ccc(NCc2ccco2)nn1. The first-order valence-electron chi connectivity index (χ1n) is 7.23. The molecule has 6 heteroatoms. The van der Waals surface area contributed by atoms with E-state index in [1.54, 1.807) is 18.4 Å². The predicted octanol–water partition coefficient (Wildman–Crippen LogP) is 2.86. The minimum absolute atomic E-state index is 0.123. The number of hydrogen-bond donors (Lipinski definition) is 2. The van der Waals surface area contributed by atoms with Gasteiger partial charge in [0.1, 0.15) is 11.6 Å². The van der Waals surface area contributed by atoms with Crippen molar-refractivity contribution in [2.24, 2.45) is 0 Å². The van der Waals surface area contributed by atoms with Crippen LogP contribution in [-0.4, -0.2) is 16.1 Å². The molecule has 3 aromatic rings. The van der Waals surface area contributed by atoms with Crippen molar-refractivity contribution in [3.05, 3.63) is 72.2 Å². The van der Waals surface area contributed by atoms with Crippen LogP contribution in [0, 0.1) is 0 Å². The van der Waals surface area contributed by atoms with E-state index in [0.717, 1.165) is 11.3 Å². The van der Waals surface area contributed by atoms with Crippen LogP contribution >= 0.6 is 0 Å². The van der Waals surface area contributed by atoms with Gasteiger partial charge in [-0.05, 0) is 29.8 Å². The Bertz CT molecular complexity index is 740. The zero-order chi connectivity index (χ0) is 15.9. The van der Waals surface area contributed by atoms with Crippen LogP contribution in [0.3, 0.4) is 0 Å². The quantitative estimate of drug-likeness (QED) is 0.732. The fourth-order valence-corrected chi connectivity index (χ4v) is 2.05. The number of rotatable bonds is 6. The number of carbonyl (C=O) groups is 1. The molecule has 1 aromatic carbocycles. The highest BCUT2D eigenvalue weighted by atomic mass is 16.3. The third-order valence-electron chi connectivity index (χ3n) is 3.16. The Kier molecular flexibility index (Phi) is 4.63. The molecule has 3 rings (SSSR count). The van der Waals surface area contributed by atoms with Gasteiger partial charge in [-0.1, -0.05) is 30.3 Å². The molecule has 116 valence electrons. The predicted molar refractivity (Wildman–Crippen MR) is 86.8 cm³/mol. The summed E-state index contributed by atoms with van der Waals surface area (Å²) in [5.41, 5.74) is 0.953. The molecule has 23 heavy (non-hydrogen) atoms. The van der Waals surface area contributed by atoms with Gasteiger partial charge in [0.05, 0.1) is 19.2 Å². The number of hydrogen-bond acceptors (Lipinski definition) is 5. The molecule has 0 fully saturated rings. The second-order valence-corrected chi connectivity index (χ2v) is 4.95. The summed E-state index contributed by atoms with van der Waals surface area (Å²) in [5.74, 6) is 1.73. The molecule has 6 nitrogen and oxygen atoms in total. The van der Waals surface area contributed by atoms with Crippen LogP contribution in [0.4, 0.5) is 11.6 Å². The number of nitrogens with one attached hydrogen (secondary N) is 2. The van der Waals surface area contributed by atoms with Gasteiger partial charge < -0.3 is 15.1 Å². The molecule has 2 N–H and O–H groups in total. The molecule has 0 aliphatic rings. The van der Waals surface area contributed by atoms with Gasteiger partial charge in [0.25, 0.3) is 0 Å². The highest BCUT2D eigenvalue weighted by Crippen LogP contribution is 2.09. The van der Waals surface area contributed by atoms with Crippen LogP contribution < -0.4 is 10.6 Å². The standard InChI is InChI=1S/C17H16N4O2/c22-17(11-13-5-2-1-3-6-13)19-16-9-8-15(20-21-16)18-12-14-7-4-10-23-14/h1-10H,11-12H2,(H,18,20)(H,19,21,22). The maximum Gasteiger partial charge on any atom is 0.229 e. The van der Waals surface area contributed by atoms with E-state index in [9.17, 15) is 4.79 Å². The third kappa shape index (κ3) is 4.41. The van der Waals surface area contributed by atoms with Crippen LogP contribution in [0.25, 0.3) is 0 Å². The first-order chi connectivity index (χ1) is 11.3.